The Morgan fingerprint density at radius 3 is 2.88 bits per heavy atom. The van der Waals surface area contributed by atoms with Gasteiger partial charge in [-0.25, -0.2) is 4.79 Å². The molecule has 0 aliphatic carbocycles. The van der Waals surface area contributed by atoms with E-state index < -0.39 is 5.60 Å². The van der Waals surface area contributed by atoms with Gasteiger partial charge in [0.15, 0.2) is 0 Å². The molecule has 1 spiro atoms. The summed E-state index contributed by atoms with van der Waals surface area (Å²) in [7, 11) is 1.74. The summed E-state index contributed by atoms with van der Waals surface area (Å²) in [6.45, 7) is 4.14. The Hall–Kier alpha value is -2.28. The fourth-order valence-electron chi connectivity index (χ4n) is 4.12. The molecule has 0 saturated carbocycles. The minimum absolute atomic E-state index is 0.0917. The maximum absolute atomic E-state index is 12.9. The lowest BCUT2D eigenvalue weighted by Crippen LogP contribution is -2.54. The van der Waals surface area contributed by atoms with Crippen molar-refractivity contribution in [3.05, 3.63) is 29.8 Å². The number of amides is 2. The Morgan fingerprint density at radius 1 is 1.23 bits per heavy atom. The topological polar surface area (TPSA) is 62.3 Å². The SMILES string of the molecule is CN1C[C@]2(CCCN(C(=O)CN3CCOc4ccccc4C3)C2)OC1=O. The average molecular weight is 359 g/mol. The van der Waals surface area contributed by atoms with Crippen LogP contribution in [-0.4, -0.2) is 78.7 Å². The molecule has 2 saturated heterocycles. The zero-order valence-corrected chi connectivity index (χ0v) is 15.1. The summed E-state index contributed by atoms with van der Waals surface area (Å²) in [4.78, 5) is 30.2. The number of ether oxygens (including phenoxy) is 2. The van der Waals surface area contributed by atoms with Crippen LogP contribution in [0.5, 0.6) is 5.75 Å². The number of piperidine rings is 1. The molecule has 1 atom stereocenters. The average Bonchev–Trinajstić information content (AvgIpc) is 2.79. The van der Waals surface area contributed by atoms with Crippen molar-refractivity contribution in [3.63, 3.8) is 0 Å². The Morgan fingerprint density at radius 2 is 2.08 bits per heavy atom. The molecule has 0 unspecified atom stereocenters. The van der Waals surface area contributed by atoms with Gasteiger partial charge in [0.1, 0.15) is 18.0 Å². The summed E-state index contributed by atoms with van der Waals surface area (Å²) in [5.74, 6) is 0.995. The van der Waals surface area contributed by atoms with E-state index in [1.165, 1.54) is 0 Å². The molecule has 2 fully saturated rings. The molecule has 7 heteroatoms. The van der Waals surface area contributed by atoms with Crippen molar-refractivity contribution in [2.75, 3.05) is 46.4 Å². The van der Waals surface area contributed by atoms with Crippen LogP contribution in [0.25, 0.3) is 0 Å². The van der Waals surface area contributed by atoms with E-state index in [-0.39, 0.29) is 12.0 Å². The predicted octanol–water partition coefficient (Wildman–Crippen LogP) is 1.32. The first-order valence-corrected chi connectivity index (χ1v) is 9.20. The van der Waals surface area contributed by atoms with Gasteiger partial charge in [0.05, 0.1) is 19.6 Å². The maximum Gasteiger partial charge on any atom is 0.410 e. The van der Waals surface area contributed by atoms with Gasteiger partial charge in [-0.15, -0.1) is 0 Å². The fourth-order valence-corrected chi connectivity index (χ4v) is 4.12. The second-order valence-corrected chi connectivity index (χ2v) is 7.49. The van der Waals surface area contributed by atoms with Gasteiger partial charge in [-0.2, -0.15) is 0 Å². The normalized spacial score (nSPS) is 26.3. The van der Waals surface area contributed by atoms with Crippen LogP contribution >= 0.6 is 0 Å². The number of likely N-dealkylation sites (N-methyl/N-ethyl adjacent to an activating group) is 1. The molecule has 140 valence electrons. The van der Waals surface area contributed by atoms with E-state index in [2.05, 4.69) is 4.90 Å². The summed E-state index contributed by atoms with van der Waals surface area (Å²) >= 11 is 0. The number of likely N-dealkylation sites (tertiary alicyclic amines) is 1. The van der Waals surface area contributed by atoms with E-state index >= 15 is 0 Å². The molecule has 1 aromatic carbocycles. The van der Waals surface area contributed by atoms with E-state index in [0.717, 1.165) is 37.2 Å². The second kappa shape index (κ2) is 6.79. The van der Waals surface area contributed by atoms with E-state index in [4.69, 9.17) is 9.47 Å². The lowest BCUT2D eigenvalue weighted by atomic mass is 9.92. The number of hydrogen-bond acceptors (Lipinski definition) is 5. The van der Waals surface area contributed by atoms with E-state index in [1.807, 2.05) is 29.2 Å². The number of carbonyl (C=O) groups is 2. The molecule has 3 aliphatic rings. The maximum atomic E-state index is 12.9. The van der Waals surface area contributed by atoms with E-state index in [9.17, 15) is 9.59 Å². The highest BCUT2D eigenvalue weighted by molar-refractivity contribution is 5.79. The van der Waals surface area contributed by atoms with Crippen molar-refractivity contribution >= 4 is 12.0 Å². The third-order valence-electron chi connectivity index (χ3n) is 5.42. The summed E-state index contributed by atoms with van der Waals surface area (Å²) in [6.07, 6.45) is 1.39. The number of carbonyl (C=O) groups excluding carboxylic acids is 2. The molecule has 26 heavy (non-hydrogen) atoms. The molecule has 0 aromatic heterocycles. The van der Waals surface area contributed by atoms with Crippen LogP contribution in [0.15, 0.2) is 24.3 Å². The Labute approximate surface area is 153 Å². The molecule has 0 N–H and O–H groups in total. The van der Waals surface area contributed by atoms with Gasteiger partial charge in [0.2, 0.25) is 5.91 Å². The molecule has 2 amide bonds. The number of nitrogens with zero attached hydrogens (tertiary/aromatic N) is 3. The lowest BCUT2D eigenvalue weighted by Gasteiger charge is -2.39. The molecule has 0 bridgehead atoms. The largest absolute Gasteiger partial charge is 0.492 e. The quantitative estimate of drug-likeness (QED) is 0.797. The van der Waals surface area contributed by atoms with Crippen molar-refractivity contribution in [1.82, 2.24) is 14.7 Å². The highest BCUT2D eigenvalue weighted by Crippen LogP contribution is 2.31. The number of benzene rings is 1. The van der Waals surface area contributed by atoms with E-state index in [1.54, 1.807) is 11.9 Å². The Kier molecular flexibility index (Phi) is 4.48. The van der Waals surface area contributed by atoms with Gasteiger partial charge in [0.25, 0.3) is 0 Å². The second-order valence-electron chi connectivity index (χ2n) is 7.49. The summed E-state index contributed by atoms with van der Waals surface area (Å²) in [6, 6.07) is 7.97. The van der Waals surface area contributed by atoms with Gasteiger partial charge in [-0.05, 0) is 18.9 Å². The zero-order chi connectivity index (χ0) is 18.1. The van der Waals surface area contributed by atoms with Crippen molar-refractivity contribution < 1.29 is 19.1 Å². The molecule has 0 radical (unpaired) electrons. The van der Waals surface area contributed by atoms with Crippen molar-refractivity contribution in [3.8, 4) is 5.75 Å². The Bertz CT molecular complexity index is 710. The Balaban J connectivity index is 1.40. The first-order valence-electron chi connectivity index (χ1n) is 9.20. The summed E-state index contributed by atoms with van der Waals surface area (Å²) in [5.41, 5.74) is 0.577. The van der Waals surface area contributed by atoms with Crippen LogP contribution in [0, 0.1) is 0 Å². The van der Waals surface area contributed by atoms with Gasteiger partial charge in [-0.1, -0.05) is 18.2 Å². The highest BCUT2D eigenvalue weighted by atomic mass is 16.6. The van der Waals surface area contributed by atoms with Crippen molar-refractivity contribution in [1.29, 1.82) is 0 Å². The zero-order valence-electron chi connectivity index (χ0n) is 15.1. The number of hydrogen-bond donors (Lipinski definition) is 0. The molecule has 1 aromatic rings. The van der Waals surface area contributed by atoms with Gasteiger partial charge in [-0.3, -0.25) is 9.69 Å². The minimum atomic E-state index is -0.533. The smallest absolute Gasteiger partial charge is 0.410 e. The van der Waals surface area contributed by atoms with Crippen LogP contribution in [0.2, 0.25) is 0 Å². The van der Waals surface area contributed by atoms with Crippen LogP contribution < -0.4 is 4.74 Å². The van der Waals surface area contributed by atoms with Crippen LogP contribution in [0.4, 0.5) is 4.79 Å². The molecule has 7 nitrogen and oxygen atoms in total. The predicted molar refractivity (Wildman–Crippen MR) is 94.9 cm³/mol. The van der Waals surface area contributed by atoms with Crippen molar-refractivity contribution in [2.45, 2.75) is 25.0 Å². The van der Waals surface area contributed by atoms with Crippen molar-refractivity contribution in [2.24, 2.45) is 0 Å². The van der Waals surface area contributed by atoms with Gasteiger partial charge in [0, 0.05) is 32.2 Å². The fraction of sp³-hybridized carbons (Fsp3) is 0.579. The first kappa shape index (κ1) is 17.1. The van der Waals surface area contributed by atoms with Gasteiger partial charge >= 0.3 is 6.09 Å². The minimum Gasteiger partial charge on any atom is -0.492 e. The van der Waals surface area contributed by atoms with Crippen LogP contribution in [0.3, 0.4) is 0 Å². The standard InChI is InChI=1S/C19H25N3O4/c1-20-13-19(26-18(20)24)7-4-8-22(14-19)17(23)12-21-9-10-25-16-6-3-2-5-15(16)11-21/h2-3,5-6H,4,7-14H2,1H3/t19-/m0/s1. The molecular weight excluding hydrogens is 334 g/mol. The third kappa shape index (κ3) is 3.35. The van der Waals surface area contributed by atoms with Crippen LogP contribution in [-0.2, 0) is 16.1 Å². The molecular formula is C19H25N3O4. The number of rotatable bonds is 2. The molecule has 3 heterocycles. The highest BCUT2D eigenvalue weighted by Gasteiger charge is 2.47. The number of fused-ring (bicyclic) bond motifs is 1. The lowest BCUT2D eigenvalue weighted by molar-refractivity contribution is -0.138. The summed E-state index contributed by atoms with van der Waals surface area (Å²) in [5, 5.41) is 0. The summed E-state index contributed by atoms with van der Waals surface area (Å²) < 4.78 is 11.4. The monoisotopic (exact) mass is 359 g/mol. The number of para-hydroxylation sites is 1. The van der Waals surface area contributed by atoms with Gasteiger partial charge < -0.3 is 19.3 Å². The third-order valence-corrected chi connectivity index (χ3v) is 5.42. The van der Waals surface area contributed by atoms with Crippen LogP contribution in [0.1, 0.15) is 18.4 Å². The molecule has 4 rings (SSSR count). The molecule has 3 aliphatic heterocycles. The van der Waals surface area contributed by atoms with E-state index in [0.29, 0.717) is 32.8 Å². The first-order chi connectivity index (χ1) is 12.5.